The molecule has 7 rings (SSSR count). The number of rotatable bonds is 14. The van der Waals surface area contributed by atoms with Crippen molar-refractivity contribution in [3.05, 3.63) is 11.6 Å². The lowest BCUT2D eigenvalue weighted by molar-refractivity contribution is -0.378. The molecule has 0 spiro atoms. The van der Waals surface area contributed by atoms with Gasteiger partial charge in [0.2, 0.25) is 0 Å². The average Bonchev–Trinajstić information content (AvgIpc) is 3.32. The van der Waals surface area contributed by atoms with Crippen LogP contribution in [0.4, 0.5) is 0 Å². The van der Waals surface area contributed by atoms with Gasteiger partial charge in [0.1, 0.15) is 25.4 Å². The summed E-state index contributed by atoms with van der Waals surface area (Å²) in [5, 5.41) is 0. The molecule has 4 saturated carbocycles. The molecular weight excluding hydrogens is 1070 g/mol. The Morgan fingerprint density at radius 1 is 0.543 bits per heavy atom. The number of ketones is 1. The van der Waals surface area contributed by atoms with Crippen molar-refractivity contribution in [2.75, 3.05) is 20.3 Å². The van der Waals surface area contributed by atoms with Crippen LogP contribution in [0.3, 0.4) is 0 Å². The Hall–Kier alpha value is -5.11. The number of ether oxygens (including phenoxy) is 12. The third kappa shape index (κ3) is 13.0. The van der Waals surface area contributed by atoms with E-state index in [2.05, 4.69) is 41.5 Å². The zero-order valence-electron chi connectivity index (χ0n) is 49.5. The van der Waals surface area contributed by atoms with Gasteiger partial charge in [-0.3, -0.25) is 43.2 Å². The Kier molecular flexibility index (Phi) is 21.4. The Morgan fingerprint density at radius 3 is 1.48 bits per heavy atom. The molecule has 0 amide bonds. The van der Waals surface area contributed by atoms with E-state index in [4.69, 9.17) is 56.8 Å². The fraction of sp³-hybridized carbons (Fsp3) is 0.807. The number of hydrogen-bond donors (Lipinski definition) is 0. The molecule has 0 aromatic rings. The number of fused-ring (bicyclic) bond motifs is 7. The third-order valence-corrected chi connectivity index (χ3v) is 19.4. The van der Waals surface area contributed by atoms with Gasteiger partial charge in [0.05, 0.1) is 18.6 Å². The second-order valence-electron chi connectivity index (χ2n) is 24.9. The molecular formula is C57H88O24. The van der Waals surface area contributed by atoms with Crippen LogP contribution in [-0.4, -0.2) is 158 Å². The van der Waals surface area contributed by atoms with Crippen LogP contribution in [0.25, 0.3) is 0 Å². The molecule has 0 bridgehead atoms. The molecule has 460 valence electrons. The predicted molar refractivity (Wildman–Crippen MR) is 280 cm³/mol. The van der Waals surface area contributed by atoms with Gasteiger partial charge in [-0.05, 0) is 110 Å². The van der Waals surface area contributed by atoms with Crippen molar-refractivity contribution < 1.29 is 116 Å². The first-order chi connectivity index (χ1) is 36.2. The second kappa shape index (κ2) is 25.4. The summed E-state index contributed by atoms with van der Waals surface area (Å²) >= 11 is 0. The van der Waals surface area contributed by atoms with Gasteiger partial charge >= 0.3 is 47.8 Å². The zero-order valence-corrected chi connectivity index (χ0v) is 49.5. The van der Waals surface area contributed by atoms with Crippen LogP contribution in [-0.2, 0) is 100.0 Å². The SMILES string of the molecule is COC(=O)[C@@]1(C)CC[C@]2(C)CC[C@]3(C)C(=CC(=O)C4[C@@]5(C)CCC(O[C@@H]6O[C@H](COC(C)=O)[C@@H](OC(C)=O)[C@H](OC(C)=O)[C@H]6O[C@@H]6O[C@H](COC(C)=O)[C@@H](OC(C)=O)[C@H](OC(C)=O)[C@H]6OC(C)=O)C(C)(C)C5CC[C@]43C)C2C1.O.O.O. The zero-order chi connectivity index (χ0) is 57.8. The van der Waals surface area contributed by atoms with Crippen molar-refractivity contribution in [1.82, 2.24) is 0 Å². The van der Waals surface area contributed by atoms with Gasteiger partial charge in [-0.2, -0.15) is 0 Å². The van der Waals surface area contributed by atoms with Crippen LogP contribution in [0.15, 0.2) is 11.6 Å². The first-order valence-electron chi connectivity index (χ1n) is 27.3. The molecule has 2 heterocycles. The molecule has 0 aromatic carbocycles. The van der Waals surface area contributed by atoms with E-state index in [1.807, 2.05) is 13.0 Å². The Balaban J connectivity index is 0.00000470. The monoisotopic (exact) mass is 1160 g/mol. The van der Waals surface area contributed by atoms with Crippen LogP contribution in [0.1, 0.15) is 155 Å². The highest BCUT2D eigenvalue weighted by molar-refractivity contribution is 5.96. The molecule has 6 fully saturated rings. The summed E-state index contributed by atoms with van der Waals surface area (Å²) in [6, 6.07) is 0. The van der Waals surface area contributed by atoms with Gasteiger partial charge in [-0.15, -0.1) is 0 Å². The summed E-state index contributed by atoms with van der Waals surface area (Å²) in [5.41, 5.74) is -1.63. The van der Waals surface area contributed by atoms with Crippen molar-refractivity contribution in [3.63, 3.8) is 0 Å². The minimum absolute atomic E-state index is 0. The standard InChI is InChI=1S/C57H82O21.3H2O/c1-28(58)68-26-38-43(71-31(4)61)45(73-33(6)63)47(78-50-46(74-34(7)64)44(72-32(5)62)42(70-30(3)60)39(76-50)27-69-29(2)59)49(75-38)77-41-17-18-55(12)40(52(41,8)9)16-19-57(14)48(55)37(65)24-35-36-25-54(11,51(66)67-15)21-20-53(36,10)22-23-56(35,57)13;;;/h24,36,38-50H,16-23,25-27H2,1-15H3;3*1H2/t36?,38-,39-,40?,41?,42-,43-,44+,45+,46-,47-,48?,49+,50+,53-,54+,55+,56-,57-;;;/m1.../s1. The van der Waals surface area contributed by atoms with E-state index in [-0.39, 0.29) is 56.8 Å². The minimum Gasteiger partial charge on any atom is -0.469 e. The molecule has 6 N–H and O–H groups in total. The predicted octanol–water partition coefficient (Wildman–Crippen LogP) is 3.67. The van der Waals surface area contributed by atoms with Crippen LogP contribution in [0.5, 0.6) is 0 Å². The van der Waals surface area contributed by atoms with E-state index >= 15 is 4.79 Å². The molecule has 4 unspecified atom stereocenters. The van der Waals surface area contributed by atoms with E-state index in [1.165, 1.54) is 14.0 Å². The molecule has 2 saturated heterocycles. The lowest BCUT2D eigenvalue weighted by Crippen LogP contribution is -2.68. The Bertz CT molecular complexity index is 2420. The normalized spacial score (nSPS) is 40.0. The summed E-state index contributed by atoms with van der Waals surface area (Å²) in [5.74, 6) is -6.43. The molecule has 0 radical (unpaired) electrons. The van der Waals surface area contributed by atoms with Crippen LogP contribution < -0.4 is 0 Å². The van der Waals surface area contributed by atoms with Gasteiger partial charge in [0.25, 0.3) is 0 Å². The third-order valence-electron chi connectivity index (χ3n) is 19.4. The fourth-order valence-corrected chi connectivity index (χ4v) is 15.6. The summed E-state index contributed by atoms with van der Waals surface area (Å²) in [6.07, 6.45) is -8.32. The fourth-order valence-electron chi connectivity index (χ4n) is 15.6. The Morgan fingerprint density at radius 2 is 1.00 bits per heavy atom. The first kappa shape index (κ1) is 68.4. The lowest BCUT2D eigenvalue weighted by Gasteiger charge is -2.70. The summed E-state index contributed by atoms with van der Waals surface area (Å²) in [7, 11) is 1.44. The van der Waals surface area contributed by atoms with E-state index in [0.717, 1.165) is 85.6 Å². The Labute approximate surface area is 473 Å². The molecule has 0 aromatic heterocycles. The van der Waals surface area contributed by atoms with Gasteiger partial charge in [0, 0.05) is 54.4 Å². The highest BCUT2D eigenvalue weighted by atomic mass is 16.8. The number of allylic oxidation sites excluding steroid dienone is 2. The quantitative estimate of drug-likeness (QED) is 0.136. The summed E-state index contributed by atoms with van der Waals surface area (Å²) in [6.45, 7) is 22.0. The first-order valence-corrected chi connectivity index (χ1v) is 27.3. The highest BCUT2D eigenvalue weighted by Gasteiger charge is 2.71. The lowest BCUT2D eigenvalue weighted by atomic mass is 9.33. The van der Waals surface area contributed by atoms with Crippen LogP contribution >= 0.6 is 0 Å². The van der Waals surface area contributed by atoms with E-state index in [0.29, 0.717) is 19.3 Å². The molecule has 24 heteroatoms. The molecule has 2 aliphatic heterocycles. The van der Waals surface area contributed by atoms with Crippen LogP contribution in [0.2, 0.25) is 0 Å². The number of carbonyl (C=O) groups is 9. The van der Waals surface area contributed by atoms with Crippen molar-refractivity contribution in [2.24, 2.45) is 50.2 Å². The van der Waals surface area contributed by atoms with E-state index in [9.17, 15) is 38.4 Å². The average molecular weight is 1160 g/mol. The number of carbonyl (C=O) groups excluding carboxylic acids is 9. The van der Waals surface area contributed by atoms with Gasteiger partial charge in [0.15, 0.2) is 55.0 Å². The molecule has 24 nitrogen and oxygen atoms in total. The second-order valence-corrected chi connectivity index (χ2v) is 24.9. The number of esters is 8. The van der Waals surface area contributed by atoms with E-state index in [1.54, 1.807) is 0 Å². The van der Waals surface area contributed by atoms with E-state index < -0.39 is 144 Å². The van der Waals surface area contributed by atoms with Crippen molar-refractivity contribution in [2.45, 2.75) is 222 Å². The topological polar surface area (TPSA) is 359 Å². The van der Waals surface area contributed by atoms with Gasteiger partial charge < -0.3 is 73.3 Å². The maximum atomic E-state index is 15.3. The van der Waals surface area contributed by atoms with Gasteiger partial charge in [-0.1, -0.05) is 47.1 Å². The molecule has 5 aliphatic carbocycles. The smallest absolute Gasteiger partial charge is 0.311 e. The van der Waals surface area contributed by atoms with Crippen molar-refractivity contribution in [3.8, 4) is 0 Å². The minimum atomic E-state index is -1.85. The van der Waals surface area contributed by atoms with Crippen LogP contribution in [0, 0.1) is 50.2 Å². The maximum absolute atomic E-state index is 15.3. The molecule has 81 heavy (non-hydrogen) atoms. The number of methoxy groups -OCH3 is 1. The maximum Gasteiger partial charge on any atom is 0.311 e. The molecule has 7 aliphatic rings. The summed E-state index contributed by atoms with van der Waals surface area (Å²) in [4.78, 5) is 118. The largest absolute Gasteiger partial charge is 0.469 e. The van der Waals surface area contributed by atoms with Crippen molar-refractivity contribution >= 4 is 53.5 Å². The summed E-state index contributed by atoms with van der Waals surface area (Å²) < 4.78 is 71.7. The molecule has 19 atom stereocenters. The number of hydrogen-bond acceptors (Lipinski definition) is 21. The highest BCUT2D eigenvalue weighted by Crippen LogP contribution is 2.75. The van der Waals surface area contributed by atoms with Crippen molar-refractivity contribution in [1.29, 1.82) is 0 Å². The van der Waals surface area contributed by atoms with Gasteiger partial charge in [-0.25, -0.2) is 0 Å².